The summed E-state index contributed by atoms with van der Waals surface area (Å²) < 4.78 is 2.16. The van der Waals surface area contributed by atoms with Crippen LogP contribution in [0.15, 0.2) is 42.6 Å². The highest BCUT2D eigenvalue weighted by Crippen LogP contribution is 2.39. The number of hydrogen-bond acceptors (Lipinski definition) is 6. The average molecular weight is 548 g/mol. The Kier molecular flexibility index (Phi) is 11.1. The maximum atomic E-state index is 4.89. The van der Waals surface area contributed by atoms with E-state index in [0.29, 0.717) is 12.1 Å². The molecule has 2 aromatic heterocycles. The Morgan fingerprint density at radius 2 is 1.68 bits per heavy atom. The number of pyridine rings is 1. The number of hydrogen-bond donors (Lipinski definition) is 2. The molecule has 2 N–H and O–H groups in total. The molecule has 40 heavy (non-hydrogen) atoms. The van der Waals surface area contributed by atoms with Gasteiger partial charge in [0, 0.05) is 70.0 Å². The van der Waals surface area contributed by atoms with Crippen molar-refractivity contribution in [3.8, 4) is 0 Å². The Labute approximate surface area is 242 Å². The van der Waals surface area contributed by atoms with Crippen molar-refractivity contribution in [2.45, 2.75) is 90.9 Å². The number of nitrogens with zero attached hydrogens (tertiary/aromatic N) is 5. The highest BCUT2D eigenvalue weighted by atomic mass is 15.2. The molecule has 2 fully saturated rings. The van der Waals surface area contributed by atoms with Gasteiger partial charge in [-0.05, 0) is 63.4 Å². The van der Waals surface area contributed by atoms with Crippen LogP contribution >= 0.6 is 0 Å². The van der Waals surface area contributed by atoms with E-state index in [-0.39, 0.29) is 5.54 Å². The Morgan fingerprint density at radius 3 is 2.25 bits per heavy atom. The van der Waals surface area contributed by atoms with Crippen LogP contribution in [-0.2, 0) is 25.6 Å². The van der Waals surface area contributed by atoms with Crippen molar-refractivity contribution >= 4 is 11.2 Å². The summed E-state index contributed by atoms with van der Waals surface area (Å²) in [7, 11) is 2.09. The summed E-state index contributed by atoms with van der Waals surface area (Å²) in [6.45, 7) is 18.8. The predicted molar refractivity (Wildman–Crippen MR) is 168 cm³/mol. The van der Waals surface area contributed by atoms with Crippen molar-refractivity contribution in [1.29, 1.82) is 0 Å². The maximum absolute atomic E-state index is 4.89. The van der Waals surface area contributed by atoms with Crippen LogP contribution in [0.5, 0.6) is 0 Å². The van der Waals surface area contributed by atoms with E-state index in [1.165, 1.54) is 36.8 Å². The summed E-state index contributed by atoms with van der Waals surface area (Å²) in [5.74, 6) is 1.15. The molecule has 0 spiro atoms. The SMILES string of the molecule is CC1CNCC(C)N1.CCCCc1nc2cc(CN3CCC(c4ccccc4)(N(CC)CC)CC3)cnc2n1C. The van der Waals surface area contributed by atoms with Crippen LogP contribution in [0.2, 0.25) is 0 Å². The number of aromatic nitrogens is 3. The van der Waals surface area contributed by atoms with E-state index >= 15 is 0 Å². The van der Waals surface area contributed by atoms with Crippen molar-refractivity contribution in [2.75, 3.05) is 39.3 Å². The Bertz CT molecular complexity index is 1150. The lowest BCUT2D eigenvalue weighted by Gasteiger charge is -2.49. The summed E-state index contributed by atoms with van der Waals surface area (Å²) in [6.07, 6.45) is 7.77. The largest absolute Gasteiger partial charge is 0.316 e. The zero-order valence-electron chi connectivity index (χ0n) is 25.9. The van der Waals surface area contributed by atoms with Gasteiger partial charge in [0.2, 0.25) is 0 Å². The summed E-state index contributed by atoms with van der Waals surface area (Å²) in [5, 5.41) is 6.74. The molecule has 2 aliphatic rings. The van der Waals surface area contributed by atoms with Gasteiger partial charge < -0.3 is 15.2 Å². The average Bonchev–Trinajstić information content (AvgIpc) is 3.28. The lowest BCUT2D eigenvalue weighted by Crippen LogP contribution is -2.53. The topological polar surface area (TPSA) is 61.3 Å². The van der Waals surface area contributed by atoms with Gasteiger partial charge >= 0.3 is 0 Å². The first-order valence-corrected chi connectivity index (χ1v) is 15.7. The second-order valence-corrected chi connectivity index (χ2v) is 11.8. The molecule has 1 aromatic carbocycles. The van der Waals surface area contributed by atoms with Crippen LogP contribution in [0.3, 0.4) is 0 Å². The van der Waals surface area contributed by atoms with E-state index in [1.54, 1.807) is 0 Å². The molecule has 0 radical (unpaired) electrons. The molecule has 0 aliphatic carbocycles. The molecule has 5 rings (SSSR count). The smallest absolute Gasteiger partial charge is 0.159 e. The molecule has 220 valence electrons. The zero-order chi connectivity index (χ0) is 28.5. The first-order chi connectivity index (χ1) is 19.4. The van der Waals surface area contributed by atoms with Gasteiger partial charge in [0.15, 0.2) is 5.65 Å². The van der Waals surface area contributed by atoms with Crippen molar-refractivity contribution in [3.63, 3.8) is 0 Å². The summed E-state index contributed by atoms with van der Waals surface area (Å²) in [4.78, 5) is 14.9. The van der Waals surface area contributed by atoms with Crippen molar-refractivity contribution in [3.05, 3.63) is 59.5 Å². The van der Waals surface area contributed by atoms with Crippen LogP contribution in [0, 0.1) is 0 Å². The minimum absolute atomic E-state index is 0.151. The normalized spacial score (nSPS) is 21.4. The fourth-order valence-electron chi connectivity index (χ4n) is 6.63. The maximum Gasteiger partial charge on any atom is 0.159 e. The van der Waals surface area contributed by atoms with Gasteiger partial charge in [-0.2, -0.15) is 0 Å². The number of benzene rings is 1. The third kappa shape index (κ3) is 7.30. The molecule has 2 unspecified atom stereocenters. The minimum atomic E-state index is 0.151. The third-order valence-electron chi connectivity index (χ3n) is 8.85. The number of nitrogens with one attached hydrogen (secondary N) is 2. The number of aryl methyl sites for hydroxylation is 2. The molecule has 0 bridgehead atoms. The third-order valence-corrected chi connectivity index (χ3v) is 8.85. The Hall–Kier alpha value is -2.32. The van der Waals surface area contributed by atoms with Crippen LogP contribution in [0.25, 0.3) is 11.2 Å². The minimum Gasteiger partial charge on any atom is -0.316 e. The van der Waals surface area contributed by atoms with Crippen molar-refractivity contribution in [2.24, 2.45) is 7.05 Å². The first-order valence-electron chi connectivity index (χ1n) is 15.7. The van der Waals surface area contributed by atoms with Gasteiger partial charge in [-0.3, -0.25) is 9.80 Å². The van der Waals surface area contributed by atoms with Crippen molar-refractivity contribution in [1.82, 2.24) is 35.0 Å². The van der Waals surface area contributed by atoms with Gasteiger partial charge in [-0.25, -0.2) is 9.97 Å². The highest BCUT2D eigenvalue weighted by Gasteiger charge is 2.40. The van der Waals surface area contributed by atoms with E-state index < -0.39 is 0 Å². The molecule has 2 saturated heterocycles. The van der Waals surface area contributed by atoms with Crippen LogP contribution in [-0.4, -0.2) is 75.7 Å². The molecular formula is C33H53N7. The molecule has 2 atom stereocenters. The van der Waals surface area contributed by atoms with E-state index in [4.69, 9.17) is 9.97 Å². The molecule has 3 aromatic rings. The molecule has 0 saturated carbocycles. The van der Waals surface area contributed by atoms with Gasteiger partial charge in [-0.15, -0.1) is 0 Å². The van der Waals surface area contributed by atoms with Crippen LogP contribution in [0.1, 0.15) is 77.3 Å². The summed E-state index contributed by atoms with van der Waals surface area (Å²) in [5.41, 5.74) is 4.93. The van der Waals surface area contributed by atoms with Crippen molar-refractivity contribution < 1.29 is 0 Å². The number of rotatable bonds is 9. The monoisotopic (exact) mass is 547 g/mol. The molecule has 2 aliphatic heterocycles. The standard InChI is InChI=1S/C27H39N5.C6H14N2/c1-5-8-14-25-29-24-19-22(20-28-26(24)30(25)4)21-31-17-15-27(16-18-31,32(6-2)7-3)23-12-10-9-11-13-23;1-5-3-7-4-6(2)8-5/h9-13,19-20H,5-8,14-18,21H2,1-4H3;5-8H,3-4H2,1-2H3. The van der Waals surface area contributed by atoms with Gasteiger partial charge in [-0.1, -0.05) is 57.5 Å². The fourth-order valence-corrected chi connectivity index (χ4v) is 6.63. The number of imidazole rings is 1. The molecule has 7 heteroatoms. The van der Waals surface area contributed by atoms with E-state index in [0.717, 1.165) is 69.2 Å². The lowest BCUT2D eigenvalue weighted by molar-refractivity contribution is 0.0217. The van der Waals surface area contributed by atoms with Crippen LogP contribution in [0.4, 0.5) is 0 Å². The number of fused-ring (bicyclic) bond motifs is 1. The highest BCUT2D eigenvalue weighted by molar-refractivity contribution is 5.72. The van der Waals surface area contributed by atoms with E-state index in [1.807, 2.05) is 0 Å². The number of piperidine rings is 1. The summed E-state index contributed by atoms with van der Waals surface area (Å²) in [6, 6.07) is 14.7. The lowest BCUT2D eigenvalue weighted by atomic mass is 9.79. The Balaban J connectivity index is 0.000000398. The zero-order valence-corrected chi connectivity index (χ0v) is 25.9. The summed E-state index contributed by atoms with van der Waals surface area (Å²) >= 11 is 0. The van der Waals surface area contributed by atoms with Gasteiger partial charge in [0.05, 0.1) is 0 Å². The fraction of sp³-hybridized carbons (Fsp3) is 0.636. The second-order valence-electron chi connectivity index (χ2n) is 11.8. The molecular weight excluding hydrogens is 494 g/mol. The molecule has 4 heterocycles. The quantitative estimate of drug-likeness (QED) is 0.389. The van der Waals surface area contributed by atoms with Crippen LogP contribution < -0.4 is 10.6 Å². The second kappa shape index (κ2) is 14.5. The Morgan fingerprint density at radius 1 is 1.00 bits per heavy atom. The first kappa shape index (κ1) is 30.6. The van der Waals surface area contributed by atoms with Gasteiger partial charge in [0.1, 0.15) is 11.3 Å². The predicted octanol–water partition coefficient (Wildman–Crippen LogP) is 5.10. The molecule has 7 nitrogen and oxygen atoms in total. The number of piperazine rings is 1. The number of unbranched alkanes of at least 4 members (excludes halogenated alkanes) is 1. The van der Waals surface area contributed by atoms with E-state index in [2.05, 4.69) is 109 Å². The van der Waals surface area contributed by atoms with Gasteiger partial charge in [0.25, 0.3) is 0 Å². The number of likely N-dealkylation sites (tertiary alicyclic amines) is 1. The molecule has 0 amide bonds. The van der Waals surface area contributed by atoms with E-state index in [9.17, 15) is 0 Å².